The Hall–Kier alpha value is -1.82. The number of benzene rings is 1. The third-order valence-electron chi connectivity index (χ3n) is 2.36. The van der Waals surface area contributed by atoms with Gasteiger partial charge in [-0.05, 0) is 13.3 Å². The fourth-order valence-electron chi connectivity index (χ4n) is 1.25. The molecule has 1 aromatic rings. The van der Waals surface area contributed by atoms with Crippen LogP contribution < -0.4 is 4.74 Å². The average Bonchev–Trinajstić information content (AvgIpc) is 2.30. The van der Waals surface area contributed by atoms with Crippen LogP contribution in [0.2, 0.25) is 5.02 Å². The standard InChI is InChI=1S/C11H12ClNO5/c1-3-6(2)18-10-8(11(14)15)4-7(13(16)17)5-9(10)12/h4-6H,3H2,1-2H3,(H,14,15). The Bertz CT molecular complexity index is 489. The highest BCUT2D eigenvalue weighted by molar-refractivity contribution is 6.32. The number of halogens is 1. The summed E-state index contributed by atoms with van der Waals surface area (Å²) in [5.74, 6) is -1.36. The van der Waals surface area contributed by atoms with E-state index in [0.29, 0.717) is 6.42 Å². The first kappa shape index (κ1) is 14.2. The molecule has 0 aliphatic carbocycles. The summed E-state index contributed by atoms with van der Waals surface area (Å²) in [7, 11) is 0. The molecule has 1 atom stereocenters. The maximum absolute atomic E-state index is 11.1. The van der Waals surface area contributed by atoms with Crippen molar-refractivity contribution in [1.29, 1.82) is 0 Å². The Morgan fingerprint density at radius 1 is 1.61 bits per heavy atom. The molecule has 0 fully saturated rings. The van der Waals surface area contributed by atoms with Crippen molar-refractivity contribution < 1.29 is 19.6 Å². The molecule has 0 aliphatic heterocycles. The van der Waals surface area contributed by atoms with Gasteiger partial charge in [0.25, 0.3) is 5.69 Å². The number of rotatable bonds is 5. The van der Waals surface area contributed by atoms with Crippen LogP contribution in [0.15, 0.2) is 12.1 Å². The molecule has 1 aromatic carbocycles. The molecule has 0 aromatic heterocycles. The van der Waals surface area contributed by atoms with Gasteiger partial charge in [-0.3, -0.25) is 10.1 Å². The van der Waals surface area contributed by atoms with Crippen LogP contribution >= 0.6 is 11.6 Å². The molecule has 0 radical (unpaired) electrons. The number of carbonyl (C=O) groups is 1. The summed E-state index contributed by atoms with van der Waals surface area (Å²) in [5, 5.41) is 19.6. The molecule has 0 aliphatic rings. The van der Waals surface area contributed by atoms with Gasteiger partial charge in [-0.1, -0.05) is 18.5 Å². The molecule has 0 saturated carbocycles. The van der Waals surface area contributed by atoms with Crippen LogP contribution in [0.3, 0.4) is 0 Å². The third kappa shape index (κ3) is 3.10. The average molecular weight is 274 g/mol. The van der Waals surface area contributed by atoms with E-state index in [-0.39, 0.29) is 28.1 Å². The molecule has 1 rings (SSSR count). The van der Waals surface area contributed by atoms with Gasteiger partial charge in [0.2, 0.25) is 0 Å². The molecule has 1 N–H and O–H groups in total. The maximum atomic E-state index is 11.1. The smallest absolute Gasteiger partial charge is 0.339 e. The van der Waals surface area contributed by atoms with E-state index in [1.165, 1.54) is 0 Å². The predicted octanol–water partition coefficient (Wildman–Crippen LogP) is 3.12. The molecule has 1 unspecified atom stereocenters. The van der Waals surface area contributed by atoms with E-state index in [2.05, 4.69) is 0 Å². The van der Waals surface area contributed by atoms with Gasteiger partial charge in [0.05, 0.1) is 16.0 Å². The number of carboxylic acids is 1. The number of nitrogens with zero attached hydrogens (tertiary/aromatic N) is 1. The van der Waals surface area contributed by atoms with Crippen LogP contribution in [0, 0.1) is 10.1 Å². The van der Waals surface area contributed by atoms with Gasteiger partial charge in [-0.15, -0.1) is 0 Å². The monoisotopic (exact) mass is 273 g/mol. The van der Waals surface area contributed by atoms with E-state index in [1.54, 1.807) is 6.92 Å². The van der Waals surface area contributed by atoms with Gasteiger partial charge >= 0.3 is 5.97 Å². The highest BCUT2D eigenvalue weighted by Crippen LogP contribution is 2.34. The van der Waals surface area contributed by atoms with Crippen molar-refractivity contribution in [2.75, 3.05) is 0 Å². The summed E-state index contributed by atoms with van der Waals surface area (Å²) >= 11 is 5.83. The third-order valence-corrected chi connectivity index (χ3v) is 2.64. The first-order chi connectivity index (χ1) is 8.36. The highest BCUT2D eigenvalue weighted by Gasteiger charge is 2.22. The lowest BCUT2D eigenvalue weighted by atomic mass is 10.1. The van der Waals surface area contributed by atoms with E-state index in [0.717, 1.165) is 12.1 Å². The SMILES string of the molecule is CCC(C)Oc1c(Cl)cc([N+](=O)[O-])cc1C(=O)O. The van der Waals surface area contributed by atoms with Crippen LogP contribution in [0.1, 0.15) is 30.6 Å². The second kappa shape index (κ2) is 5.68. The van der Waals surface area contributed by atoms with Crippen LogP contribution in [0.25, 0.3) is 0 Å². The van der Waals surface area contributed by atoms with Crippen LogP contribution in [-0.4, -0.2) is 22.1 Å². The fourth-order valence-corrected chi connectivity index (χ4v) is 1.51. The Labute approximate surface area is 108 Å². The molecule has 6 nitrogen and oxygen atoms in total. The lowest BCUT2D eigenvalue weighted by molar-refractivity contribution is -0.384. The minimum Gasteiger partial charge on any atom is -0.488 e. The molecule has 0 amide bonds. The molecule has 0 bridgehead atoms. The first-order valence-electron chi connectivity index (χ1n) is 5.24. The van der Waals surface area contributed by atoms with Gasteiger partial charge in [-0.25, -0.2) is 4.79 Å². The fraction of sp³-hybridized carbons (Fsp3) is 0.364. The minimum atomic E-state index is -1.32. The molecular formula is C11H12ClNO5. The van der Waals surface area contributed by atoms with Gasteiger partial charge in [-0.2, -0.15) is 0 Å². The summed E-state index contributed by atoms with van der Waals surface area (Å²) in [5.41, 5.74) is -0.691. The van der Waals surface area contributed by atoms with Crippen molar-refractivity contribution in [2.45, 2.75) is 26.4 Å². The lowest BCUT2D eigenvalue weighted by Crippen LogP contribution is -2.13. The van der Waals surface area contributed by atoms with Crippen LogP contribution in [0.5, 0.6) is 5.75 Å². The molecule has 98 valence electrons. The van der Waals surface area contributed by atoms with Gasteiger partial charge < -0.3 is 9.84 Å². The Morgan fingerprint density at radius 2 is 2.22 bits per heavy atom. The number of nitro benzene ring substituents is 1. The van der Waals surface area contributed by atoms with E-state index in [9.17, 15) is 14.9 Å². The predicted molar refractivity (Wildman–Crippen MR) is 65.4 cm³/mol. The normalized spacial score (nSPS) is 11.9. The zero-order valence-corrected chi connectivity index (χ0v) is 10.6. The molecule has 0 saturated heterocycles. The van der Waals surface area contributed by atoms with Crippen molar-refractivity contribution in [2.24, 2.45) is 0 Å². The Balaban J connectivity index is 3.31. The number of hydrogen-bond acceptors (Lipinski definition) is 4. The van der Waals surface area contributed by atoms with Gasteiger partial charge in [0, 0.05) is 12.1 Å². The maximum Gasteiger partial charge on any atom is 0.339 e. The number of ether oxygens (including phenoxy) is 1. The van der Waals surface area contributed by atoms with Crippen molar-refractivity contribution in [3.63, 3.8) is 0 Å². The van der Waals surface area contributed by atoms with Crippen LogP contribution in [-0.2, 0) is 0 Å². The number of nitro groups is 1. The quantitative estimate of drug-likeness (QED) is 0.657. The lowest BCUT2D eigenvalue weighted by Gasteiger charge is -2.15. The first-order valence-corrected chi connectivity index (χ1v) is 5.62. The number of non-ortho nitro benzene ring substituents is 1. The zero-order chi connectivity index (χ0) is 13.9. The van der Waals surface area contributed by atoms with E-state index in [1.807, 2.05) is 6.92 Å². The van der Waals surface area contributed by atoms with Crippen molar-refractivity contribution >= 4 is 23.3 Å². The van der Waals surface area contributed by atoms with E-state index >= 15 is 0 Å². The van der Waals surface area contributed by atoms with Crippen LogP contribution in [0.4, 0.5) is 5.69 Å². The minimum absolute atomic E-state index is 0.0379. The Kier molecular flexibility index (Phi) is 4.49. The summed E-state index contributed by atoms with van der Waals surface area (Å²) in [6.45, 7) is 3.62. The van der Waals surface area contributed by atoms with Gasteiger partial charge in [0.15, 0.2) is 5.75 Å². The molecule has 18 heavy (non-hydrogen) atoms. The van der Waals surface area contributed by atoms with E-state index < -0.39 is 10.9 Å². The summed E-state index contributed by atoms with van der Waals surface area (Å²) in [4.78, 5) is 21.0. The summed E-state index contributed by atoms with van der Waals surface area (Å²) < 4.78 is 5.39. The molecule has 0 spiro atoms. The second-order valence-electron chi connectivity index (χ2n) is 3.70. The Morgan fingerprint density at radius 3 is 2.67 bits per heavy atom. The van der Waals surface area contributed by atoms with Gasteiger partial charge in [0.1, 0.15) is 5.56 Å². The molecule has 0 heterocycles. The number of hydrogen-bond donors (Lipinski definition) is 1. The number of aromatic carboxylic acids is 1. The molecule has 7 heteroatoms. The second-order valence-corrected chi connectivity index (χ2v) is 4.11. The summed E-state index contributed by atoms with van der Waals surface area (Å²) in [6, 6.07) is 2.01. The largest absolute Gasteiger partial charge is 0.488 e. The number of carboxylic acid groups (broad SMARTS) is 1. The summed E-state index contributed by atoms with van der Waals surface area (Å²) in [6.07, 6.45) is 0.425. The highest BCUT2D eigenvalue weighted by atomic mass is 35.5. The molecular weight excluding hydrogens is 262 g/mol. The van der Waals surface area contributed by atoms with Crippen molar-refractivity contribution in [3.05, 3.63) is 32.8 Å². The topological polar surface area (TPSA) is 89.7 Å². The van der Waals surface area contributed by atoms with E-state index in [4.69, 9.17) is 21.4 Å². The van der Waals surface area contributed by atoms with Crippen molar-refractivity contribution in [1.82, 2.24) is 0 Å². The zero-order valence-electron chi connectivity index (χ0n) is 9.84. The van der Waals surface area contributed by atoms with Crippen molar-refractivity contribution in [3.8, 4) is 5.75 Å².